The highest BCUT2D eigenvalue weighted by Gasteiger charge is 2.10. The van der Waals surface area contributed by atoms with Crippen LogP contribution in [-0.4, -0.2) is 32.0 Å². The average molecular weight is 339 g/mol. The number of ether oxygens (including phenoxy) is 2. The van der Waals surface area contributed by atoms with E-state index in [0.29, 0.717) is 23.6 Å². The number of ketones is 1. The standard InChI is InChI=1S/C20H21NO4/c1-15(22)18-10-9-17(24-2)14-19(18)25-13-12-21-20(23)11-8-16-6-4-3-5-7-16/h3-11,14H,12-13H2,1-2H3,(H,21,23). The fourth-order valence-corrected chi connectivity index (χ4v) is 2.17. The summed E-state index contributed by atoms with van der Waals surface area (Å²) in [5, 5.41) is 2.73. The quantitative estimate of drug-likeness (QED) is 0.456. The maximum Gasteiger partial charge on any atom is 0.244 e. The second kappa shape index (κ2) is 9.27. The van der Waals surface area contributed by atoms with Crippen LogP contribution in [0, 0.1) is 0 Å². The van der Waals surface area contributed by atoms with Crippen molar-refractivity contribution in [3.05, 3.63) is 65.7 Å². The fraction of sp³-hybridized carbons (Fsp3) is 0.200. The molecule has 2 aromatic carbocycles. The van der Waals surface area contributed by atoms with Crippen molar-refractivity contribution < 1.29 is 19.1 Å². The lowest BCUT2D eigenvalue weighted by molar-refractivity contribution is -0.116. The fourth-order valence-electron chi connectivity index (χ4n) is 2.17. The van der Waals surface area contributed by atoms with Crippen LogP contribution in [0.1, 0.15) is 22.8 Å². The number of hydrogen-bond acceptors (Lipinski definition) is 4. The van der Waals surface area contributed by atoms with Crippen molar-refractivity contribution >= 4 is 17.8 Å². The van der Waals surface area contributed by atoms with Crippen LogP contribution in [0.4, 0.5) is 0 Å². The third-order valence-electron chi connectivity index (χ3n) is 3.45. The molecule has 0 fully saturated rings. The van der Waals surface area contributed by atoms with Crippen LogP contribution < -0.4 is 14.8 Å². The van der Waals surface area contributed by atoms with Crippen molar-refractivity contribution in [2.45, 2.75) is 6.92 Å². The number of Topliss-reactive ketones (excluding diaryl/α,β-unsaturated/α-hetero) is 1. The van der Waals surface area contributed by atoms with Crippen LogP contribution in [0.5, 0.6) is 11.5 Å². The summed E-state index contributed by atoms with van der Waals surface area (Å²) in [6, 6.07) is 14.6. The maximum atomic E-state index is 11.8. The minimum Gasteiger partial charge on any atom is -0.497 e. The number of carbonyl (C=O) groups excluding carboxylic acids is 2. The predicted octanol–water partition coefficient (Wildman–Crippen LogP) is 3.11. The summed E-state index contributed by atoms with van der Waals surface area (Å²) < 4.78 is 10.8. The highest BCUT2D eigenvalue weighted by atomic mass is 16.5. The molecular weight excluding hydrogens is 318 g/mol. The predicted molar refractivity (Wildman–Crippen MR) is 97.0 cm³/mol. The molecule has 1 N–H and O–H groups in total. The number of amides is 1. The van der Waals surface area contributed by atoms with Gasteiger partial charge < -0.3 is 14.8 Å². The molecule has 25 heavy (non-hydrogen) atoms. The minimum absolute atomic E-state index is 0.0903. The Morgan fingerprint density at radius 3 is 2.56 bits per heavy atom. The molecule has 0 radical (unpaired) electrons. The zero-order chi connectivity index (χ0) is 18.1. The van der Waals surface area contributed by atoms with Gasteiger partial charge in [0.05, 0.1) is 19.2 Å². The molecule has 0 saturated heterocycles. The highest BCUT2D eigenvalue weighted by molar-refractivity contribution is 5.97. The molecule has 5 heteroatoms. The monoisotopic (exact) mass is 339 g/mol. The Morgan fingerprint density at radius 1 is 1.12 bits per heavy atom. The van der Waals surface area contributed by atoms with Crippen LogP contribution >= 0.6 is 0 Å². The summed E-state index contributed by atoms with van der Waals surface area (Å²) in [4.78, 5) is 23.4. The number of methoxy groups -OCH3 is 1. The first-order chi connectivity index (χ1) is 12.1. The van der Waals surface area contributed by atoms with E-state index in [1.807, 2.05) is 30.3 Å². The summed E-state index contributed by atoms with van der Waals surface area (Å²) in [6.45, 7) is 2.05. The van der Waals surface area contributed by atoms with Crippen LogP contribution in [0.25, 0.3) is 6.08 Å². The van der Waals surface area contributed by atoms with Gasteiger partial charge in [-0.15, -0.1) is 0 Å². The first-order valence-electron chi connectivity index (χ1n) is 7.93. The Labute approximate surface area is 147 Å². The van der Waals surface area contributed by atoms with Gasteiger partial charge in [0.1, 0.15) is 18.1 Å². The summed E-state index contributed by atoms with van der Waals surface area (Å²) in [6.07, 6.45) is 3.22. The molecular formula is C20H21NO4. The molecule has 0 aliphatic carbocycles. The summed E-state index contributed by atoms with van der Waals surface area (Å²) in [7, 11) is 1.55. The van der Waals surface area contributed by atoms with Crippen LogP contribution in [0.3, 0.4) is 0 Å². The maximum absolute atomic E-state index is 11.8. The molecule has 0 atom stereocenters. The second-order valence-corrected chi connectivity index (χ2v) is 5.30. The van der Waals surface area contributed by atoms with Crippen molar-refractivity contribution in [1.82, 2.24) is 5.32 Å². The number of hydrogen-bond donors (Lipinski definition) is 1. The number of rotatable bonds is 8. The molecule has 0 heterocycles. The van der Waals surface area contributed by atoms with E-state index in [9.17, 15) is 9.59 Å². The summed E-state index contributed by atoms with van der Waals surface area (Å²) in [5.41, 5.74) is 1.44. The zero-order valence-corrected chi connectivity index (χ0v) is 14.3. The molecule has 130 valence electrons. The first-order valence-corrected chi connectivity index (χ1v) is 7.93. The molecule has 5 nitrogen and oxygen atoms in total. The third-order valence-corrected chi connectivity index (χ3v) is 3.45. The third kappa shape index (κ3) is 5.80. The van der Waals surface area contributed by atoms with Crippen LogP contribution in [0.2, 0.25) is 0 Å². The zero-order valence-electron chi connectivity index (χ0n) is 14.3. The van der Waals surface area contributed by atoms with E-state index < -0.39 is 0 Å². The van der Waals surface area contributed by atoms with Crippen molar-refractivity contribution in [3.8, 4) is 11.5 Å². The molecule has 0 bridgehead atoms. The highest BCUT2D eigenvalue weighted by Crippen LogP contribution is 2.25. The van der Waals surface area contributed by atoms with E-state index >= 15 is 0 Å². The van der Waals surface area contributed by atoms with Gasteiger partial charge in [0.15, 0.2) is 5.78 Å². The van der Waals surface area contributed by atoms with Gasteiger partial charge in [-0.25, -0.2) is 0 Å². The van der Waals surface area contributed by atoms with Gasteiger partial charge in [-0.1, -0.05) is 30.3 Å². The average Bonchev–Trinajstić information content (AvgIpc) is 2.64. The van der Waals surface area contributed by atoms with Gasteiger partial charge in [-0.3, -0.25) is 9.59 Å². The molecule has 0 aliphatic rings. The molecule has 0 aromatic heterocycles. The van der Waals surface area contributed by atoms with Crippen LogP contribution in [-0.2, 0) is 4.79 Å². The van der Waals surface area contributed by atoms with Crippen LogP contribution in [0.15, 0.2) is 54.6 Å². The normalized spacial score (nSPS) is 10.5. The topological polar surface area (TPSA) is 64.6 Å². The van der Waals surface area contributed by atoms with Gasteiger partial charge in [-0.05, 0) is 30.7 Å². The minimum atomic E-state index is -0.204. The Balaban J connectivity index is 1.83. The van der Waals surface area contributed by atoms with E-state index in [1.54, 1.807) is 31.4 Å². The van der Waals surface area contributed by atoms with Crippen molar-refractivity contribution in [1.29, 1.82) is 0 Å². The largest absolute Gasteiger partial charge is 0.497 e. The van der Waals surface area contributed by atoms with Gasteiger partial charge >= 0.3 is 0 Å². The second-order valence-electron chi connectivity index (χ2n) is 5.30. The Kier molecular flexibility index (Phi) is 6.77. The van der Waals surface area contributed by atoms with Gasteiger partial charge in [0, 0.05) is 12.1 Å². The lowest BCUT2D eigenvalue weighted by Crippen LogP contribution is -2.26. The van der Waals surface area contributed by atoms with E-state index in [-0.39, 0.29) is 18.3 Å². The molecule has 2 aromatic rings. The number of carbonyl (C=O) groups is 2. The van der Waals surface area contributed by atoms with Crippen molar-refractivity contribution in [2.75, 3.05) is 20.3 Å². The van der Waals surface area contributed by atoms with E-state index in [2.05, 4.69) is 5.32 Å². The Bertz CT molecular complexity index is 754. The summed E-state index contributed by atoms with van der Waals surface area (Å²) in [5.74, 6) is 0.758. The first kappa shape index (κ1) is 18.3. The molecule has 2 rings (SSSR count). The molecule has 0 aliphatic heterocycles. The van der Waals surface area contributed by atoms with E-state index in [4.69, 9.17) is 9.47 Å². The molecule has 0 spiro atoms. The number of nitrogens with one attached hydrogen (secondary N) is 1. The SMILES string of the molecule is COc1ccc(C(C)=O)c(OCCNC(=O)C=Cc2ccccc2)c1. The van der Waals surface area contributed by atoms with Gasteiger partial charge in [0.2, 0.25) is 5.91 Å². The molecule has 0 saturated carbocycles. The Morgan fingerprint density at radius 2 is 1.88 bits per heavy atom. The molecule has 1 amide bonds. The van der Waals surface area contributed by atoms with Gasteiger partial charge in [-0.2, -0.15) is 0 Å². The van der Waals surface area contributed by atoms with Crippen molar-refractivity contribution in [3.63, 3.8) is 0 Å². The van der Waals surface area contributed by atoms with E-state index in [1.165, 1.54) is 13.0 Å². The smallest absolute Gasteiger partial charge is 0.244 e. The summed E-state index contributed by atoms with van der Waals surface area (Å²) >= 11 is 0. The number of benzene rings is 2. The lowest BCUT2D eigenvalue weighted by Gasteiger charge is -2.11. The Hall–Kier alpha value is -3.08. The van der Waals surface area contributed by atoms with Gasteiger partial charge in [0.25, 0.3) is 0 Å². The molecule has 0 unspecified atom stereocenters. The van der Waals surface area contributed by atoms with Crippen molar-refractivity contribution in [2.24, 2.45) is 0 Å². The lowest BCUT2D eigenvalue weighted by atomic mass is 10.1. The van der Waals surface area contributed by atoms with E-state index in [0.717, 1.165) is 5.56 Å².